The van der Waals surface area contributed by atoms with Gasteiger partial charge in [0.1, 0.15) is 12.4 Å². The van der Waals surface area contributed by atoms with Crippen molar-refractivity contribution in [1.82, 2.24) is 9.88 Å². The minimum atomic E-state index is -0.102. The summed E-state index contributed by atoms with van der Waals surface area (Å²) >= 11 is 0. The Kier molecular flexibility index (Phi) is 5.35. The molecular formula is C23H27N3O2. The highest BCUT2D eigenvalue weighted by Crippen LogP contribution is 2.31. The molecule has 0 radical (unpaired) electrons. The highest BCUT2D eigenvalue weighted by Gasteiger charge is 2.19. The number of rotatable bonds is 6. The van der Waals surface area contributed by atoms with Gasteiger partial charge in [-0.15, -0.1) is 0 Å². The van der Waals surface area contributed by atoms with Gasteiger partial charge < -0.3 is 19.9 Å². The number of ether oxygens (including phenoxy) is 1. The molecule has 1 heterocycles. The number of benzene rings is 2. The second kappa shape index (κ2) is 8.07. The number of aryl methyl sites for hydroxylation is 2. The number of para-hydroxylation sites is 1. The number of hydrogen-bond donors (Lipinski definition) is 2. The van der Waals surface area contributed by atoms with Crippen molar-refractivity contribution >= 4 is 22.5 Å². The molecule has 0 unspecified atom stereocenters. The van der Waals surface area contributed by atoms with Gasteiger partial charge in [0.05, 0.1) is 11.1 Å². The number of hydrogen-bond acceptors (Lipinski definition) is 3. The topological polar surface area (TPSA) is 57.4 Å². The van der Waals surface area contributed by atoms with Gasteiger partial charge in [-0.2, -0.15) is 0 Å². The van der Waals surface area contributed by atoms with Gasteiger partial charge in [-0.3, -0.25) is 4.79 Å². The number of carbonyl (C=O) groups excluding carboxylic acids is 1. The van der Waals surface area contributed by atoms with E-state index in [0.29, 0.717) is 12.2 Å². The Morgan fingerprint density at radius 2 is 1.96 bits per heavy atom. The summed E-state index contributed by atoms with van der Waals surface area (Å²) in [5.41, 5.74) is 5.04. The number of aromatic amines is 1. The molecule has 146 valence electrons. The maximum atomic E-state index is 13.0. The van der Waals surface area contributed by atoms with Gasteiger partial charge in [-0.25, -0.2) is 0 Å². The van der Waals surface area contributed by atoms with Crippen LogP contribution in [0, 0.1) is 0 Å². The molecule has 3 aromatic rings. The van der Waals surface area contributed by atoms with Crippen LogP contribution in [0.2, 0.25) is 0 Å². The van der Waals surface area contributed by atoms with Crippen LogP contribution in [0.4, 0.5) is 5.69 Å². The zero-order chi connectivity index (χ0) is 19.5. The number of nitrogens with one attached hydrogen (secondary N) is 2. The van der Waals surface area contributed by atoms with Crippen molar-refractivity contribution in [2.45, 2.75) is 25.7 Å². The smallest absolute Gasteiger partial charge is 0.257 e. The maximum Gasteiger partial charge on any atom is 0.257 e. The van der Waals surface area contributed by atoms with Crippen LogP contribution in [-0.4, -0.2) is 43.0 Å². The largest absolute Gasteiger partial charge is 0.492 e. The molecule has 0 bridgehead atoms. The number of fused-ring (bicyclic) bond motifs is 3. The molecule has 5 nitrogen and oxygen atoms in total. The van der Waals surface area contributed by atoms with E-state index in [0.717, 1.165) is 36.3 Å². The molecular weight excluding hydrogens is 350 g/mol. The molecule has 5 heteroatoms. The quantitative estimate of drug-likeness (QED) is 0.676. The maximum absolute atomic E-state index is 13.0. The van der Waals surface area contributed by atoms with E-state index >= 15 is 0 Å². The Morgan fingerprint density at radius 1 is 1.14 bits per heavy atom. The molecule has 1 aliphatic carbocycles. The average molecular weight is 377 g/mol. The fraction of sp³-hybridized carbons (Fsp3) is 0.348. The normalized spacial score (nSPS) is 13.5. The number of H-pyrrole nitrogens is 1. The van der Waals surface area contributed by atoms with E-state index in [4.69, 9.17) is 4.74 Å². The molecule has 2 aromatic carbocycles. The first kappa shape index (κ1) is 18.6. The third kappa shape index (κ3) is 3.90. The van der Waals surface area contributed by atoms with Crippen molar-refractivity contribution in [3.63, 3.8) is 0 Å². The monoisotopic (exact) mass is 377 g/mol. The number of aromatic nitrogens is 1. The van der Waals surface area contributed by atoms with Crippen LogP contribution in [-0.2, 0) is 12.8 Å². The van der Waals surface area contributed by atoms with E-state index < -0.39 is 0 Å². The first-order valence-electron chi connectivity index (χ1n) is 9.93. The van der Waals surface area contributed by atoms with Crippen LogP contribution in [0.1, 0.15) is 34.5 Å². The fourth-order valence-corrected chi connectivity index (χ4v) is 3.83. The fourth-order valence-electron chi connectivity index (χ4n) is 3.83. The third-order valence-corrected chi connectivity index (χ3v) is 5.28. The lowest BCUT2D eigenvalue weighted by Gasteiger charge is -2.12. The summed E-state index contributed by atoms with van der Waals surface area (Å²) in [6, 6.07) is 13.5. The summed E-state index contributed by atoms with van der Waals surface area (Å²) in [7, 11) is 4.03. The lowest BCUT2D eigenvalue weighted by atomic mass is 9.95. The second-order valence-corrected chi connectivity index (χ2v) is 7.65. The van der Waals surface area contributed by atoms with Gasteiger partial charge in [0, 0.05) is 29.4 Å². The lowest BCUT2D eigenvalue weighted by Crippen LogP contribution is -2.19. The van der Waals surface area contributed by atoms with Crippen molar-refractivity contribution in [2.75, 3.05) is 32.6 Å². The summed E-state index contributed by atoms with van der Waals surface area (Å²) in [5, 5.41) is 4.20. The molecule has 2 N–H and O–H groups in total. The van der Waals surface area contributed by atoms with Gasteiger partial charge >= 0.3 is 0 Å². The summed E-state index contributed by atoms with van der Waals surface area (Å²) in [5.74, 6) is 0.655. The Balaban J connectivity index is 1.53. The molecule has 0 aliphatic heterocycles. The van der Waals surface area contributed by atoms with Crippen molar-refractivity contribution in [3.05, 3.63) is 59.3 Å². The number of nitrogens with zero attached hydrogens (tertiary/aromatic N) is 1. The first-order chi connectivity index (χ1) is 13.6. The highest BCUT2D eigenvalue weighted by atomic mass is 16.5. The van der Waals surface area contributed by atoms with Crippen LogP contribution >= 0.6 is 0 Å². The molecule has 1 aliphatic rings. The SMILES string of the molecule is CN(C)CCOc1cccc(NC(=O)c2cccc3c4c([nH]c23)CCCC4)c1. The number of likely N-dealkylation sites (N-methyl/N-ethyl adjacent to an activating group) is 1. The van der Waals surface area contributed by atoms with Crippen LogP contribution in [0.3, 0.4) is 0 Å². The Morgan fingerprint density at radius 3 is 2.82 bits per heavy atom. The van der Waals surface area contributed by atoms with Crippen LogP contribution < -0.4 is 10.1 Å². The Labute approximate surface area is 165 Å². The molecule has 4 rings (SSSR count). The highest BCUT2D eigenvalue weighted by molar-refractivity contribution is 6.12. The van der Waals surface area contributed by atoms with E-state index in [-0.39, 0.29) is 5.91 Å². The average Bonchev–Trinajstić information content (AvgIpc) is 3.06. The number of anilines is 1. The predicted octanol–water partition coefficient (Wildman–Crippen LogP) is 4.24. The lowest BCUT2D eigenvalue weighted by molar-refractivity contribution is 0.102. The first-order valence-corrected chi connectivity index (χ1v) is 9.93. The van der Waals surface area contributed by atoms with Crippen molar-refractivity contribution in [1.29, 1.82) is 0 Å². The summed E-state index contributed by atoms with van der Waals surface area (Å²) in [6.07, 6.45) is 4.59. The van der Waals surface area contributed by atoms with E-state index in [1.165, 1.54) is 29.5 Å². The van der Waals surface area contributed by atoms with Crippen LogP contribution in [0.5, 0.6) is 5.75 Å². The van der Waals surface area contributed by atoms with Gasteiger partial charge in [-0.05, 0) is 63.5 Å². The molecule has 1 amide bonds. The number of amides is 1. The zero-order valence-electron chi connectivity index (χ0n) is 16.5. The third-order valence-electron chi connectivity index (χ3n) is 5.28. The molecule has 0 saturated heterocycles. The van der Waals surface area contributed by atoms with E-state index in [2.05, 4.69) is 21.3 Å². The molecule has 28 heavy (non-hydrogen) atoms. The minimum Gasteiger partial charge on any atom is -0.492 e. The predicted molar refractivity (Wildman–Crippen MR) is 113 cm³/mol. The number of carbonyl (C=O) groups is 1. The van der Waals surface area contributed by atoms with Crippen molar-refractivity contribution in [2.24, 2.45) is 0 Å². The van der Waals surface area contributed by atoms with Gasteiger partial charge in [-0.1, -0.05) is 18.2 Å². The van der Waals surface area contributed by atoms with E-state index in [9.17, 15) is 4.79 Å². The zero-order valence-corrected chi connectivity index (χ0v) is 16.5. The van der Waals surface area contributed by atoms with Gasteiger partial charge in [0.2, 0.25) is 0 Å². The van der Waals surface area contributed by atoms with Crippen LogP contribution in [0.15, 0.2) is 42.5 Å². The summed E-state index contributed by atoms with van der Waals surface area (Å²) < 4.78 is 5.77. The Bertz CT molecular complexity index is 991. The van der Waals surface area contributed by atoms with E-state index in [1.807, 2.05) is 50.5 Å². The molecule has 0 fully saturated rings. The molecule has 1 aromatic heterocycles. The second-order valence-electron chi connectivity index (χ2n) is 7.65. The minimum absolute atomic E-state index is 0.102. The van der Waals surface area contributed by atoms with Gasteiger partial charge in [0.15, 0.2) is 0 Å². The van der Waals surface area contributed by atoms with Crippen molar-refractivity contribution < 1.29 is 9.53 Å². The Hall–Kier alpha value is -2.79. The molecule has 0 atom stereocenters. The summed E-state index contributed by atoms with van der Waals surface area (Å²) in [6.45, 7) is 1.45. The van der Waals surface area contributed by atoms with Gasteiger partial charge in [0.25, 0.3) is 5.91 Å². The van der Waals surface area contributed by atoms with E-state index in [1.54, 1.807) is 0 Å². The standard InChI is InChI=1S/C23H27N3O2/c1-26(2)13-14-28-17-8-5-7-16(15-17)24-23(27)20-11-6-10-19-18-9-3-4-12-21(18)25-22(19)20/h5-8,10-11,15,25H,3-4,9,12-14H2,1-2H3,(H,24,27). The summed E-state index contributed by atoms with van der Waals surface area (Å²) in [4.78, 5) is 18.6. The molecule has 0 saturated carbocycles. The van der Waals surface area contributed by atoms with Crippen molar-refractivity contribution in [3.8, 4) is 5.75 Å². The van der Waals surface area contributed by atoms with Crippen LogP contribution in [0.25, 0.3) is 10.9 Å². The molecule has 0 spiro atoms.